The van der Waals surface area contributed by atoms with E-state index in [0.717, 1.165) is 25.5 Å². The number of carbonyl (C=O) groups is 1. The van der Waals surface area contributed by atoms with Crippen LogP contribution < -0.4 is 5.73 Å². The van der Waals surface area contributed by atoms with Gasteiger partial charge in [-0.05, 0) is 19.8 Å². The summed E-state index contributed by atoms with van der Waals surface area (Å²) in [4.78, 5) is 10.4. The lowest BCUT2D eigenvalue weighted by Gasteiger charge is -2.10. The zero-order valence-corrected chi connectivity index (χ0v) is 6.84. The number of hydrogen-bond acceptors (Lipinski definition) is 2. The molecule has 0 amide bonds. The number of nitrogens with two attached hydrogens (primary N) is 1. The molecular weight excluding hydrogens is 126 g/mol. The van der Waals surface area contributed by atoms with Gasteiger partial charge in [0.05, 0.1) is 0 Å². The first-order chi connectivity index (χ1) is 4.70. The second-order valence-electron chi connectivity index (χ2n) is 2.90. The molecule has 2 N–H and O–H groups in total. The van der Waals surface area contributed by atoms with Gasteiger partial charge in [-0.3, -0.25) is 0 Å². The molecule has 0 aromatic rings. The van der Waals surface area contributed by atoms with E-state index in [9.17, 15) is 4.79 Å². The Kier molecular flexibility index (Phi) is 5.22. The van der Waals surface area contributed by atoms with Crippen LogP contribution in [-0.2, 0) is 4.79 Å². The maximum atomic E-state index is 10.4. The monoisotopic (exact) mass is 143 g/mol. The van der Waals surface area contributed by atoms with Gasteiger partial charge in [-0.15, -0.1) is 0 Å². The number of hydrogen-bond donors (Lipinski definition) is 1. The van der Waals surface area contributed by atoms with Crippen LogP contribution in [0.25, 0.3) is 0 Å². The third-order valence-electron chi connectivity index (χ3n) is 1.53. The summed E-state index contributed by atoms with van der Waals surface area (Å²) in [7, 11) is 0. The molecule has 2 heteroatoms. The van der Waals surface area contributed by atoms with Crippen LogP contribution in [0.15, 0.2) is 0 Å². The molecule has 60 valence electrons. The van der Waals surface area contributed by atoms with Crippen molar-refractivity contribution in [2.24, 2.45) is 11.7 Å². The summed E-state index contributed by atoms with van der Waals surface area (Å²) >= 11 is 0. The second kappa shape index (κ2) is 5.42. The Balaban J connectivity index is 3.49. The van der Waals surface area contributed by atoms with Gasteiger partial charge >= 0.3 is 0 Å². The molecule has 0 heterocycles. The van der Waals surface area contributed by atoms with Crippen molar-refractivity contribution < 1.29 is 4.79 Å². The maximum absolute atomic E-state index is 10.4. The number of carbonyl (C=O) groups excluding carboxylic acids is 1. The highest BCUT2D eigenvalue weighted by Gasteiger charge is 2.07. The molecule has 0 fully saturated rings. The predicted octanol–water partition coefficient (Wildman–Crippen LogP) is 1.34. The Morgan fingerprint density at radius 2 is 2.20 bits per heavy atom. The standard InChI is InChI=1S/C8H17NO/c1-3-4-8(6-10)5-7(2)9/h6-8H,3-5,9H2,1-2H3. The molecule has 0 aromatic heterocycles. The highest BCUT2D eigenvalue weighted by molar-refractivity contribution is 5.53. The first kappa shape index (κ1) is 9.63. The Morgan fingerprint density at radius 1 is 1.60 bits per heavy atom. The molecule has 2 atom stereocenters. The molecule has 0 bridgehead atoms. The van der Waals surface area contributed by atoms with E-state index in [1.807, 2.05) is 6.92 Å². The molecule has 2 nitrogen and oxygen atoms in total. The van der Waals surface area contributed by atoms with E-state index in [2.05, 4.69) is 6.92 Å². The fourth-order valence-electron chi connectivity index (χ4n) is 1.09. The SMILES string of the molecule is CCCC(C=O)CC(C)N. The van der Waals surface area contributed by atoms with Crippen molar-refractivity contribution in [3.05, 3.63) is 0 Å². The van der Waals surface area contributed by atoms with Crippen LogP contribution in [0.3, 0.4) is 0 Å². The fourth-order valence-corrected chi connectivity index (χ4v) is 1.09. The number of rotatable bonds is 5. The quantitative estimate of drug-likeness (QED) is 0.590. The first-order valence-corrected chi connectivity index (χ1v) is 3.91. The minimum absolute atomic E-state index is 0.154. The van der Waals surface area contributed by atoms with Gasteiger partial charge < -0.3 is 10.5 Å². The van der Waals surface area contributed by atoms with Crippen LogP contribution >= 0.6 is 0 Å². The highest BCUT2D eigenvalue weighted by atomic mass is 16.1. The van der Waals surface area contributed by atoms with Crippen LogP contribution in [0.1, 0.15) is 33.1 Å². The van der Waals surface area contributed by atoms with Crippen LogP contribution in [0.4, 0.5) is 0 Å². The summed E-state index contributed by atoms with van der Waals surface area (Å²) in [5.74, 6) is 0.185. The van der Waals surface area contributed by atoms with Crippen molar-refractivity contribution in [3.63, 3.8) is 0 Å². The van der Waals surface area contributed by atoms with Gasteiger partial charge in [0.2, 0.25) is 0 Å². The fraction of sp³-hybridized carbons (Fsp3) is 0.875. The lowest BCUT2D eigenvalue weighted by Crippen LogP contribution is -2.20. The van der Waals surface area contributed by atoms with E-state index >= 15 is 0 Å². The Bertz CT molecular complexity index is 91.3. The van der Waals surface area contributed by atoms with Crippen LogP contribution in [0, 0.1) is 5.92 Å². The van der Waals surface area contributed by atoms with Crippen molar-refractivity contribution in [1.29, 1.82) is 0 Å². The maximum Gasteiger partial charge on any atom is 0.123 e. The number of aldehydes is 1. The average Bonchev–Trinajstić information content (AvgIpc) is 1.86. The van der Waals surface area contributed by atoms with E-state index in [-0.39, 0.29) is 12.0 Å². The Morgan fingerprint density at radius 3 is 2.50 bits per heavy atom. The van der Waals surface area contributed by atoms with Gasteiger partial charge in [0.1, 0.15) is 6.29 Å². The van der Waals surface area contributed by atoms with Crippen LogP contribution in [-0.4, -0.2) is 12.3 Å². The van der Waals surface area contributed by atoms with Gasteiger partial charge in [-0.1, -0.05) is 13.3 Å². The smallest absolute Gasteiger partial charge is 0.123 e. The zero-order chi connectivity index (χ0) is 7.98. The van der Waals surface area contributed by atoms with Crippen molar-refractivity contribution in [1.82, 2.24) is 0 Å². The van der Waals surface area contributed by atoms with E-state index < -0.39 is 0 Å². The molecule has 0 rings (SSSR count). The molecule has 0 spiro atoms. The minimum Gasteiger partial charge on any atom is -0.328 e. The van der Waals surface area contributed by atoms with Crippen molar-refractivity contribution in [2.45, 2.75) is 39.2 Å². The normalized spacial score (nSPS) is 16.3. The predicted molar refractivity (Wildman–Crippen MR) is 42.7 cm³/mol. The van der Waals surface area contributed by atoms with Crippen LogP contribution in [0.2, 0.25) is 0 Å². The lowest BCUT2D eigenvalue weighted by molar-refractivity contribution is -0.111. The lowest BCUT2D eigenvalue weighted by atomic mass is 9.98. The van der Waals surface area contributed by atoms with Gasteiger partial charge in [-0.25, -0.2) is 0 Å². The van der Waals surface area contributed by atoms with E-state index in [0.29, 0.717) is 0 Å². The molecule has 0 aliphatic heterocycles. The molecule has 0 saturated heterocycles. The van der Waals surface area contributed by atoms with Gasteiger partial charge in [0, 0.05) is 12.0 Å². The van der Waals surface area contributed by atoms with Crippen molar-refractivity contribution >= 4 is 6.29 Å². The average molecular weight is 143 g/mol. The summed E-state index contributed by atoms with van der Waals surface area (Å²) in [5.41, 5.74) is 5.54. The van der Waals surface area contributed by atoms with Gasteiger partial charge in [0.25, 0.3) is 0 Å². The van der Waals surface area contributed by atoms with Crippen molar-refractivity contribution in [2.75, 3.05) is 0 Å². The zero-order valence-electron chi connectivity index (χ0n) is 6.84. The molecule has 0 aliphatic rings. The topological polar surface area (TPSA) is 43.1 Å². The largest absolute Gasteiger partial charge is 0.328 e. The van der Waals surface area contributed by atoms with Gasteiger partial charge in [0.15, 0.2) is 0 Å². The van der Waals surface area contributed by atoms with E-state index in [1.165, 1.54) is 0 Å². The summed E-state index contributed by atoms with van der Waals surface area (Å²) in [6.45, 7) is 4.02. The third kappa shape index (κ3) is 4.50. The first-order valence-electron chi connectivity index (χ1n) is 3.91. The summed E-state index contributed by atoms with van der Waals surface area (Å²) in [5, 5.41) is 0. The molecule has 0 aromatic carbocycles. The Hall–Kier alpha value is -0.370. The summed E-state index contributed by atoms with van der Waals surface area (Å²) < 4.78 is 0. The molecule has 2 unspecified atom stereocenters. The van der Waals surface area contributed by atoms with Gasteiger partial charge in [-0.2, -0.15) is 0 Å². The third-order valence-corrected chi connectivity index (χ3v) is 1.53. The van der Waals surface area contributed by atoms with E-state index in [4.69, 9.17) is 5.73 Å². The minimum atomic E-state index is 0.154. The summed E-state index contributed by atoms with van der Waals surface area (Å²) in [6, 6.07) is 0.154. The second-order valence-corrected chi connectivity index (χ2v) is 2.90. The molecule has 10 heavy (non-hydrogen) atoms. The van der Waals surface area contributed by atoms with Crippen molar-refractivity contribution in [3.8, 4) is 0 Å². The molecular formula is C8H17NO. The molecule has 0 radical (unpaired) electrons. The summed E-state index contributed by atoms with van der Waals surface area (Å²) in [6.07, 6.45) is 3.89. The van der Waals surface area contributed by atoms with Crippen LogP contribution in [0.5, 0.6) is 0 Å². The Labute approximate surface area is 62.8 Å². The molecule has 0 saturated carbocycles. The molecule has 0 aliphatic carbocycles. The highest BCUT2D eigenvalue weighted by Crippen LogP contribution is 2.09. The van der Waals surface area contributed by atoms with E-state index in [1.54, 1.807) is 0 Å².